The third kappa shape index (κ3) is 3.86. The minimum atomic E-state index is -0.878. The molecule has 2 aromatic rings. The molecule has 21 heavy (non-hydrogen) atoms. The number of benzene rings is 2. The molecule has 5 heteroatoms. The molecule has 0 heterocycles. The van der Waals surface area contributed by atoms with E-state index in [1.54, 1.807) is 18.2 Å². The van der Waals surface area contributed by atoms with Crippen LogP contribution in [0.25, 0.3) is 0 Å². The van der Waals surface area contributed by atoms with E-state index in [0.717, 1.165) is 24.2 Å². The van der Waals surface area contributed by atoms with Gasteiger partial charge in [-0.3, -0.25) is 4.79 Å². The number of carbonyl (C=O) groups excluding carboxylic acids is 1. The van der Waals surface area contributed by atoms with Crippen molar-refractivity contribution in [3.05, 3.63) is 65.2 Å². The van der Waals surface area contributed by atoms with Gasteiger partial charge in [-0.2, -0.15) is 0 Å². The van der Waals surface area contributed by atoms with Crippen LogP contribution in [0.2, 0.25) is 0 Å². The van der Waals surface area contributed by atoms with E-state index in [9.17, 15) is 13.6 Å². The fourth-order valence-electron chi connectivity index (χ4n) is 1.94. The summed E-state index contributed by atoms with van der Waals surface area (Å²) < 4.78 is 27.1. The molecule has 0 spiro atoms. The summed E-state index contributed by atoms with van der Waals surface area (Å²) in [5.41, 5.74) is 0.899. The van der Waals surface area contributed by atoms with Crippen LogP contribution in [-0.2, 0) is 6.54 Å². The van der Waals surface area contributed by atoms with E-state index in [-0.39, 0.29) is 0 Å². The summed E-state index contributed by atoms with van der Waals surface area (Å²) in [5, 5.41) is 5.67. The highest BCUT2D eigenvalue weighted by Crippen LogP contribution is 2.16. The maximum Gasteiger partial charge on any atom is 0.261 e. The number of hydrogen-bond acceptors (Lipinski definition) is 2. The lowest BCUT2D eigenvalue weighted by atomic mass is 10.1. The van der Waals surface area contributed by atoms with Crippen molar-refractivity contribution >= 4 is 11.6 Å². The lowest BCUT2D eigenvalue weighted by Gasteiger charge is -2.09. The Bertz CT molecular complexity index is 624. The highest BCUT2D eigenvalue weighted by atomic mass is 19.1. The van der Waals surface area contributed by atoms with E-state index in [2.05, 4.69) is 10.6 Å². The van der Waals surface area contributed by atoms with Crippen LogP contribution in [0.1, 0.15) is 22.8 Å². The molecule has 0 aliphatic heterocycles. The van der Waals surface area contributed by atoms with Gasteiger partial charge in [-0.25, -0.2) is 8.78 Å². The zero-order valence-electron chi connectivity index (χ0n) is 11.6. The molecule has 0 aliphatic rings. The van der Waals surface area contributed by atoms with Crippen molar-refractivity contribution < 1.29 is 13.6 Å². The highest BCUT2D eigenvalue weighted by molar-refractivity contribution is 6.04. The van der Waals surface area contributed by atoms with Gasteiger partial charge < -0.3 is 10.6 Å². The Hall–Kier alpha value is -2.27. The van der Waals surface area contributed by atoms with E-state index in [0.29, 0.717) is 12.2 Å². The van der Waals surface area contributed by atoms with Crippen molar-refractivity contribution in [1.29, 1.82) is 0 Å². The molecule has 3 nitrogen and oxygen atoms in total. The van der Waals surface area contributed by atoms with Gasteiger partial charge in [0.15, 0.2) is 0 Å². The predicted molar refractivity (Wildman–Crippen MR) is 78.1 cm³/mol. The first kappa shape index (κ1) is 15.1. The first-order valence-electron chi connectivity index (χ1n) is 6.67. The summed E-state index contributed by atoms with van der Waals surface area (Å²) in [6.07, 6.45) is 0. The second-order valence-corrected chi connectivity index (χ2v) is 4.53. The molecule has 110 valence electrons. The van der Waals surface area contributed by atoms with Crippen molar-refractivity contribution in [3.8, 4) is 0 Å². The standard InChI is InChI=1S/C16H16F2N2O/c1-2-19-10-11-5-3-6-12(9-11)20-16(21)15-13(17)7-4-8-14(15)18/h3-9,19H,2,10H2,1H3,(H,20,21). The smallest absolute Gasteiger partial charge is 0.261 e. The van der Waals surface area contributed by atoms with Crippen molar-refractivity contribution in [3.63, 3.8) is 0 Å². The van der Waals surface area contributed by atoms with Crippen molar-refractivity contribution in [2.45, 2.75) is 13.5 Å². The second kappa shape index (κ2) is 6.95. The van der Waals surface area contributed by atoms with Crippen LogP contribution in [0.15, 0.2) is 42.5 Å². The lowest BCUT2D eigenvalue weighted by molar-refractivity contribution is 0.101. The second-order valence-electron chi connectivity index (χ2n) is 4.53. The lowest BCUT2D eigenvalue weighted by Crippen LogP contribution is -2.16. The molecule has 0 saturated carbocycles. The summed E-state index contributed by atoms with van der Waals surface area (Å²) in [6, 6.07) is 10.4. The number of nitrogens with one attached hydrogen (secondary N) is 2. The summed E-state index contributed by atoms with van der Waals surface area (Å²) in [4.78, 5) is 12.0. The molecule has 0 aromatic heterocycles. The number of halogens is 2. The first-order chi connectivity index (χ1) is 10.1. The Morgan fingerprint density at radius 3 is 2.43 bits per heavy atom. The highest BCUT2D eigenvalue weighted by Gasteiger charge is 2.17. The molecule has 0 saturated heterocycles. The molecule has 2 N–H and O–H groups in total. The fourth-order valence-corrected chi connectivity index (χ4v) is 1.94. The average Bonchev–Trinajstić information content (AvgIpc) is 2.45. The molecule has 0 radical (unpaired) electrons. The summed E-state index contributed by atoms with van der Waals surface area (Å²) in [7, 11) is 0. The van der Waals surface area contributed by atoms with Gasteiger partial charge in [0.1, 0.15) is 17.2 Å². The molecule has 0 fully saturated rings. The Morgan fingerprint density at radius 2 is 1.76 bits per heavy atom. The number of carbonyl (C=O) groups is 1. The number of amides is 1. The summed E-state index contributed by atoms with van der Waals surface area (Å²) in [5.74, 6) is -2.56. The van der Waals surface area contributed by atoms with Crippen LogP contribution < -0.4 is 10.6 Å². The Labute approximate surface area is 122 Å². The van der Waals surface area contributed by atoms with Crippen molar-refractivity contribution in [2.75, 3.05) is 11.9 Å². The zero-order valence-corrected chi connectivity index (χ0v) is 11.6. The van der Waals surface area contributed by atoms with Gasteiger partial charge >= 0.3 is 0 Å². The maximum absolute atomic E-state index is 13.5. The van der Waals surface area contributed by atoms with E-state index >= 15 is 0 Å². The average molecular weight is 290 g/mol. The third-order valence-electron chi connectivity index (χ3n) is 2.95. The first-order valence-corrected chi connectivity index (χ1v) is 6.67. The topological polar surface area (TPSA) is 41.1 Å². The zero-order chi connectivity index (χ0) is 15.2. The van der Waals surface area contributed by atoms with Gasteiger partial charge in [0.25, 0.3) is 5.91 Å². The molecule has 0 unspecified atom stereocenters. The molecule has 0 bridgehead atoms. The number of anilines is 1. The van der Waals surface area contributed by atoms with Gasteiger partial charge in [0.2, 0.25) is 0 Å². The van der Waals surface area contributed by atoms with Crippen LogP contribution >= 0.6 is 0 Å². The molecule has 0 atom stereocenters. The molecule has 0 aliphatic carbocycles. The number of hydrogen-bond donors (Lipinski definition) is 2. The largest absolute Gasteiger partial charge is 0.322 e. The normalized spacial score (nSPS) is 10.4. The van der Waals surface area contributed by atoms with E-state index in [1.807, 2.05) is 13.0 Å². The molecular formula is C16H16F2N2O. The van der Waals surface area contributed by atoms with Gasteiger partial charge in [-0.05, 0) is 36.4 Å². The number of rotatable bonds is 5. The van der Waals surface area contributed by atoms with Crippen molar-refractivity contribution in [1.82, 2.24) is 5.32 Å². The van der Waals surface area contributed by atoms with E-state index < -0.39 is 23.1 Å². The van der Waals surface area contributed by atoms with Crippen molar-refractivity contribution in [2.24, 2.45) is 0 Å². The van der Waals surface area contributed by atoms with Gasteiger partial charge in [-0.15, -0.1) is 0 Å². The van der Waals surface area contributed by atoms with Gasteiger partial charge in [0.05, 0.1) is 0 Å². The molecular weight excluding hydrogens is 274 g/mol. The fraction of sp³-hybridized carbons (Fsp3) is 0.188. The third-order valence-corrected chi connectivity index (χ3v) is 2.95. The summed E-state index contributed by atoms with van der Waals surface area (Å²) >= 11 is 0. The molecule has 2 aromatic carbocycles. The Morgan fingerprint density at radius 1 is 1.10 bits per heavy atom. The minimum absolute atomic E-state index is 0.498. The van der Waals surface area contributed by atoms with Gasteiger partial charge in [0, 0.05) is 12.2 Å². The quantitative estimate of drug-likeness (QED) is 0.887. The van der Waals surface area contributed by atoms with Crippen LogP contribution in [0.5, 0.6) is 0 Å². The van der Waals surface area contributed by atoms with Crippen LogP contribution in [0, 0.1) is 11.6 Å². The van der Waals surface area contributed by atoms with E-state index in [1.165, 1.54) is 6.07 Å². The summed E-state index contributed by atoms with van der Waals surface area (Å²) in [6.45, 7) is 3.48. The van der Waals surface area contributed by atoms with Gasteiger partial charge in [-0.1, -0.05) is 25.1 Å². The molecule has 2 rings (SSSR count). The van der Waals surface area contributed by atoms with Crippen LogP contribution in [-0.4, -0.2) is 12.5 Å². The minimum Gasteiger partial charge on any atom is -0.322 e. The Kier molecular flexibility index (Phi) is 5.00. The maximum atomic E-state index is 13.5. The molecule has 1 amide bonds. The monoisotopic (exact) mass is 290 g/mol. The van der Waals surface area contributed by atoms with Crippen LogP contribution in [0.3, 0.4) is 0 Å². The van der Waals surface area contributed by atoms with Crippen LogP contribution in [0.4, 0.5) is 14.5 Å². The SMILES string of the molecule is CCNCc1cccc(NC(=O)c2c(F)cccc2F)c1. The van der Waals surface area contributed by atoms with E-state index in [4.69, 9.17) is 0 Å². The predicted octanol–water partition coefficient (Wildman–Crippen LogP) is 3.33. The Balaban J connectivity index is 2.16.